The van der Waals surface area contributed by atoms with Crippen LogP contribution in [0.4, 0.5) is 0 Å². The molecule has 1 heterocycles. The third-order valence-corrected chi connectivity index (χ3v) is 2.31. The van der Waals surface area contributed by atoms with Gasteiger partial charge in [-0.05, 0) is 18.6 Å². The third-order valence-electron chi connectivity index (χ3n) is 2.31. The molecule has 0 spiro atoms. The van der Waals surface area contributed by atoms with Crippen molar-refractivity contribution in [3.05, 3.63) is 35.5 Å². The minimum Gasteiger partial charge on any atom is -0.392 e. The summed E-state index contributed by atoms with van der Waals surface area (Å²) >= 11 is 0. The van der Waals surface area contributed by atoms with Crippen LogP contribution >= 0.6 is 0 Å². The molecule has 0 fully saturated rings. The Balaban J connectivity index is 2.65. The Labute approximate surface area is 81.4 Å². The molecule has 0 unspecified atom stereocenters. The van der Waals surface area contributed by atoms with Gasteiger partial charge in [-0.2, -0.15) is 0 Å². The van der Waals surface area contributed by atoms with Crippen molar-refractivity contribution in [2.45, 2.75) is 13.5 Å². The van der Waals surface area contributed by atoms with Crippen LogP contribution in [0.3, 0.4) is 0 Å². The lowest BCUT2D eigenvalue weighted by Gasteiger charge is -1.96. The number of H-pyrrole nitrogens is 1. The van der Waals surface area contributed by atoms with Crippen molar-refractivity contribution in [1.29, 1.82) is 0 Å². The van der Waals surface area contributed by atoms with Crippen LogP contribution in [0.15, 0.2) is 24.4 Å². The molecule has 3 nitrogen and oxygen atoms in total. The summed E-state index contributed by atoms with van der Waals surface area (Å²) in [4.78, 5) is 14.2. The predicted molar refractivity (Wildman–Crippen MR) is 54.2 cm³/mol. The number of hydrogen-bond acceptors (Lipinski definition) is 2. The Morgan fingerprint density at radius 3 is 2.93 bits per heavy atom. The molecule has 0 saturated heterocycles. The largest absolute Gasteiger partial charge is 0.392 e. The van der Waals surface area contributed by atoms with Crippen molar-refractivity contribution >= 4 is 16.7 Å². The van der Waals surface area contributed by atoms with E-state index in [0.29, 0.717) is 5.56 Å². The molecule has 1 aromatic carbocycles. The molecule has 0 aliphatic carbocycles. The zero-order valence-electron chi connectivity index (χ0n) is 7.87. The SMILES string of the molecule is CC(=O)c1c[nH]c2cc(CO)ccc12. The summed E-state index contributed by atoms with van der Waals surface area (Å²) in [6.07, 6.45) is 1.70. The van der Waals surface area contributed by atoms with E-state index < -0.39 is 0 Å². The summed E-state index contributed by atoms with van der Waals surface area (Å²) in [7, 11) is 0. The quantitative estimate of drug-likeness (QED) is 0.708. The number of hydrogen-bond donors (Lipinski definition) is 2. The molecule has 0 aliphatic rings. The van der Waals surface area contributed by atoms with Gasteiger partial charge in [-0.3, -0.25) is 4.79 Å². The maximum Gasteiger partial charge on any atom is 0.161 e. The van der Waals surface area contributed by atoms with Crippen LogP contribution in [0.2, 0.25) is 0 Å². The summed E-state index contributed by atoms with van der Waals surface area (Å²) in [5.74, 6) is 0.0491. The number of rotatable bonds is 2. The van der Waals surface area contributed by atoms with Crippen molar-refractivity contribution in [1.82, 2.24) is 4.98 Å². The number of carbonyl (C=O) groups is 1. The van der Waals surface area contributed by atoms with E-state index in [9.17, 15) is 4.79 Å². The molecular weight excluding hydrogens is 178 g/mol. The summed E-state index contributed by atoms with van der Waals surface area (Å²) in [5.41, 5.74) is 2.43. The fraction of sp³-hybridized carbons (Fsp3) is 0.182. The van der Waals surface area contributed by atoms with Gasteiger partial charge in [0.05, 0.1) is 6.61 Å². The summed E-state index contributed by atoms with van der Waals surface area (Å²) in [5, 5.41) is 9.84. The molecule has 0 atom stereocenters. The molecule has 14 heavy (non-hydrogen) atoms. The average molecular weight is 189 g/mol. The highest BCUT2D eigenvalue weighted by molar-refractivity contribution is 6.06. The molecule has 0 bridgehead atoms. The third kappa shape index (κ3) is 1.32. The van der Waals surface area contributed by atoms with E-state index in [0.717, 1.165) is 16.5 Å². The zero-order valence-corrected chi connectivity index (χ0v) is 7.87. The average Bonchev–Trinajstić information content (AvgIpc) is 2.59. The molecule has 0 radical (unpaired) electrons. The van der Waals surface area contributed by atoms with Crippen molar-refractivity contribution < 1.29 is 9.90 Å². The van der Waals surface area contributed by atoms with Crippen molar-refractivity contribution in [3.8, 4) is 0 Å². The normalized spacial score (nSPS) is 10.7. The molecule has 1 aromatic heterocycles. The van der Waals surface area contributed by atoms with E-state index in [1.165, 1.54) is 0 Å². The lowest BCUT2D eigenvalue weighted by molar-refractivity contribution is 0.101. The number of carbonyl (C=O) groups excluding carboxylic acids is 1. The molecule has 0 aliphatic heterocycles. The van der Waals surface area contributed by atoms with E-state index in [1.807, 2.05) is 18.2 Å². The van der Waals surface area contributed by atoms with Crippen LogP contribution in [0.5, 0.6) is 0 Å². The van der Waals surface area contributed by atoms with Crippen molar-refractivity contribution in [2.75, 3.05) is 0 Å². The maximum absolute atomic E-state index is 11.2. The molecule has 2 aromatic rings. The van der Waals surface area contributed by atoms with Gasteiger partial charge in [-0.25, -0.2) is 0 Å². The number of aromatic amines is 1. The zero-order chi connectivity index (χ0) is 10.1. The highest BCUT2D eigenvalue weighted by Crippen LogP contribution is 2.19. The van der Waals surface area contributed by atoms with E-state index in [4.69, 9.17) is 5.11 Å². The first-order valence-corrected chi connectivity index (χ1v) is 4.44. The molecule has 0 saturated carbocycles. The van der Waals surface area contributed by atoms with Gasteiger partial charge in [0.25, 0.3) is 0 Å². The van der Waals surface area contributed by atoms with Gasteiger partial charge in [0.2, 0.25) is 0 Å². The Hall–Kier alpha value is -1.61. The minimum atomic E-state index is 0.0182. The summed E-state index contributed by atoms with van der Waals surface area (Å²) in [6, 6.07) is 5.53. The van der Waals surface area contributed by atoms with Gasteiger partial charge >= 0.3 is 0 Å². The van der Waals surface area contributed by atoms with Crippen LogP contribution in [0.25, 0.3) is 10.9 Å². The number of fused-ring (bicyclic) bond motifs is 1. The van der Waals surface area contributed by atoms with Crippen LogP contribution in [0.1, 0.15) is 22.8 Å². The van der Waals surface area contributed by atoms with Crippen molar-refractivity contribution in [3.63, 3.8) is 0 Å². The molecule has 2 rings (SSSR count). The van der Waals surface area contributed by atoms with Crippen LogP contribution in [0, 0.1) is 0 Å². The topological polar surface area (TPSA) is 53.1 Å². The van der Waals surface area contributed by atoms with E-state index in [-0.39, 0.29) is 12.4 Å². The number of aromatic nitrogens is 1. The molecule has 3 heteroatoms. The van der Waals surface area contributed by atoms with E-state index in [2.05, 4.69) is 4.98 Å². The Morgan fingerprint density at radius 1 is 1.50 bits per heavy atom. The van der Waals surface area contributed by atoms with Crippen molar-refractivity contribution in [2.24, 2.45) is 0 Å². The number of aliphatic hydroxyl groups excluding tert-OH is 1. The van der Waals surface area contributed by atoms with E-state index in [1.54, 1.807) is 13.1 Å². The first-order chi connectivity index (χ1) is 6.72. The Kier molecular flexibility index (Phi) is 2.09. The van der Waals surface area contributed by atoms with Crippen LogP contribution in [-0.4, -0.2) is 15.9 Å². The smallest absolute Gasteiger partial charge is 0.161 e. The maximum atomic E-state index is 11.2. The number of nitrogens with one attached hydrogen (secondary N) is 1. The first-order valence-electron chi connectivity index (χ1n) is 4.44. The second kappa shape index (κ2) is 3.27. The fourth-order valence-electron chi connectivity index (χ4n) is 1.56. The van der Waals surface area contributed by atoms with E-state index >= 15 is 0 Å². The van der Waals surface area contributed by atoms with Gasteiger partial charge in [0.1, 0.15) is 0 Å². The van der Waals surface area contributed by atoms with Crippen LogP contribution < -0.4 is 0 Å². The molecular formula is C11H11NO2. The molecule has 72 valence electrons. The molecule has 2 N–H and O–H groups in total. The summed E-state index contributed by atoms with van der Waals surface area (Å²) in [6.45, 7) is 1.56. The van der Waals surface area contributed by atoms with Gasteiger partial charge in [0.15, 0.2) is 5.78 Å². The molecule has 0 amide bonds. The number of ketones is 1. The monoisotopic (exact) mass is 189 g/mol. The summed E-state index contributed by atoms with van der Waals surface area (Å²) < 4.78 is 0. The second-order valence-electron chi connectivity index (χ2n) is 3.30. The lowest BCUT2D eigenvalue weighted by atomic mass is 10.1. The Bertz CT molecular complexity index is 485. The van der Waals surface area contributed by atoms with Gasteiger partial charge in [-0.15, -0.1) is 0 Å². The lowest BCUT2D eigenvalue weighted by Crippen LogP contribution is -1.89. The highest BCUT2D eigenvalue weighted by Gasteiger charge is 2.07. The standard InChI is InChI=1S/C11H11NO2/c1-7(14)10-5-12-11-4-8(6-13)2-3-9(10)11/h2-5,12-13H,6H2,1H3. The minimum absolute atomic E-state index is 0.0182. The first kappa shape index (κ1) is 8.97. The number of aliphatic hydroxyl groups is 1. The van der Waals surface area contributed by atoms with Gasteiger partial charge in [0, 0.05) is 22.7 Å². The second-order valence-corrected chi connectivity index (χ2v) is 3.30. The fourth-order valence-corrected chi connectivity index (χ4v) is 1.56. The van der Waals surface area contributed by atoms with Gasteiger partial charge < -0.3 is 10.1 Å². The van der Waals surface area contributed by atoms with Gasteiger partial charge in [-0.1, -0.05) is 12.1 Å². The van der Waals surface area contributed by atoms with Crippen LogP contribution in [-0.2, 0) is 6.61 Å². The number of Topliss-reactive ketones (excluding diaryl/α,β-unsaturated/α-hetero) is 1. The Morgan fingerprint density at radius 2 is 2.29 bits per heavy atom. The highest BCUT2D eigenvalue weighted by atomic mass is 16.3. The predicted octanol–water partition coefficient (Wildman–Crippen LogP) is 1.86. The number of benzene rings is 1.